The fourth-order valence-corrected chi connectivity index (χ4v) is 2.71. The highest BCUT2D eigenvalue weighted by molar-refractivity contribution is 5.96. The first kappa shape index (κ1) is 14.3. The van der Waals surface area contributed by atoms with Crippen LogP contribution in [0, 0.1) is 0 Å². The first-order chi connectivity index (χ1) is 11.8. The molecule has 0 spiro atoms. The molecule has 0 bridgehead atoms. The Hall–Kier alpha value is -3.28. The molecule has 4 rings (SSSR count). The molecule has 2 aromatic heterocycles. The highest BCUT2D eigenvalue weighted by atomic mass is 16.2. The van der Waals surface area contributed by atoms with Crippen molar-refractivity contribution in [3.8, 4) is 0 Å². The van der Waals surface area contributed by atoms with Gasteiger partial charge in [0, 0.05) is 24.5 Å². The Morgan fingerprint density at radius 2 is 1.88 bits per heavy atom. The zero-order valence-electron chi connectivity index (χ0n) is 12.8. The van der Waals surface area contributed by atoms with Crippen molar-refractivity contribution < 1.29 is 4.79 Å². The van der Waals surface area contributed by atoms with Crippen LogP contribution in [0.5, 0.6) is 0 Å². The van der Waals surface area contributed by atoms with Crippen LogP contribution in [0.2, 0.25) is 0 Å². The molecule has 2 N–H and O–H groups in total. The van der Waals surface area contributed by atoms with Crippen molar-refractivity contribution in [1.29, 1.82) is 0 Å². The van der Waals surface area contributed by atoms with E-state index in [1.54, 1.807) is 12.4 Å². The van der Waals surface area contributed by atoms with Gasteiger partial charge in [0.1, 0.15) is 5.69 Å². The predicted octanol–water partition coefficient (Wildman–Crippen LogP) is 2.32. The molecule has 0 fully saturated rings. The SMILES string of the molecule is O=C1NCc2cnc(NC(c3ccccc3)c3ccccn3)nc21. The van der Waals surface area contributed by atoms with Crippen molar-refractivity contribution in [3.63, 3.8) is 0 Å². The third kappa shape index (κ3) is 2.69. The second-order valence-electron chi connectivity index (χ2n) is 5.49. The minimum Gasteiger partial charge on any atom is -0.346 e. The summed E-state index contributed by atoms with van der Waals surface area (Å²) in [7, 11) is 0. The van der Waals surface area contributed by atoms with E-state index in [4.69, 9.17) is 0 Å². The lowest BCUT2D eigenvalue weighted by atomic mass is 10.0. The molecule has 1 atom stereocenters. The first-order valence-corrected chi connectivity index (χ1v) is 7.68. The van der Waals surface area contributed by atoms with E-state index in [1.807, 2.05) is 48.5 Å². The summed E-state index contributed by atoms with van der Waals surface area (Å²) in [5, 5.41) is 6.04. The van der Waals surface area contributed by atoms with Gasteiger partial charge in [-0.3, -0.25) is 9.78 Å². The highest BCUT2D eigenvalue weighted by Gasteiger charge is 2.23. The van der Waals surface area contributed by atoms with Gasteiger partial charge in [-0.2, -0.15) is 0 Å². The molecule has 6 nitrogen and oxygen atoms in total. The van der Waals surface area contributed by atoms with E-state index in [1.165, 1.54) is 0 Å². The number of rotatable bonds is 4. The number of anilines is 1. The highest BCUT2D eigenvalue weighted by Crippen LogP contribution is 2.24. The number of aromatic nitrogens is 3. The number of fused-ring (bicyclic) bond motifs is 1. The lowest BCUT2D eigenvalue weighted by Crippen LogP contribution is -2.17. The third-order valence-corrected chi connectivity index (χ3v) is 3.91. The molecule has 1 unspecified atom stereocenters. The topological polar surface area (TPSA) is 79.8 Å². The van der Waals surface area contributed by atoms with Gasteiger partial charge in [0.05, 0.1) is 11.7 Å². The Kier molecular flexibility index (Phi) is 3.63. The number of hydrogen-bond donors (Lipinski definition) is 2. The van der Waals surface area contributed by atoms with E-state index in [0.717, 1.165) is 16.8 Å². The van der Waals surface area contributed by atoms with Crippen LogP contribution >= 0.6 is 0 Å². The summed E-state index contributed by atoms with van der Waals surface area (Å²) in [6, 6.07) is 15.5. The molecule has 0 saturated carbocycles. The molecule has 118 valence electrons. The number of nitrogens with zero attached hydrogens (tertiary/aromatic N) is 3. The summed E-state index contributed by atoms with van der Waals surface area (Å²) in [6.07, 6.45) is 3.44. The van der Waals surface area contributed by atoms with Crippen LogP contribution in [0.3, 0.4) is 0 Å². The van der Waals surface area contributed by atoms with Crippen molar-refractivity contribution >= 4 is 11.9 Å². The Morgan fingerprint density at radius 1 is 1.04 bits per heavy atom. The van der Waals surface area contributed by atoms with E-state index in [-0.39, 0.29) is 11.9 Å². The van der Waals surface area contributed by atoms with E-state index in [0.29, 0.717) is 18.2 Å². The number of carbonyl (C=O) groups excluding carboxylic acids is 1. The van der Waals surface area contributed by atoms with Gasteiger partial charge < -0.3 is 10.6 Å². The number of pyridine rings is 1. The molecular weight excluding hydrogens is 302 g/mol. The molecule has 6 heteroatoms. The quantitative estimate of drug-likeness (QED) is 0.772. The normalized spacial score (nSPS) is 13.9. The van der Waals surface area contributed by atoms with Crippen molar-refractivity contribution in [2.75, 3.05) is 5.32 Å². The maximum Gasteiger partial charge on any atom is 0.270 e. The van der Waals surface area contributed by atoms with Crippen LogP contribution in [-0.2, 0) is 6.54 Å². The molecule has 0 aliphatic carbocycles. The molecule has 1 aliphatic heterocycles. The molecule has 24 heavy (non-hydrogen) atoms. The standard InChI is InChI=1S/C18H15N5O/c24-17-16-13(10-20-17)11-21-18(23-16)22-15(12-6-2-1-3-7-12)14-8-4-5-9-19-14/h1-9,11,15H,10H2,(H,20,24)(H,21,22,23). The molecule has 1 aromatic carbocycles. The Bertz CT molecular complexity index is 828. The second kappa shape index (κ2) is 6.08. The van der Waals surface area contributed by atoms with Crippen LogP contribution in [0.25, 0.3) is 0 Å². The van der Waals surface area contributed by atoms with Crippen molar-refractivity contribution in [2.24, 2.45) is 0 Å². The third-order valence-electron chi connectivity index (χ3n) is 3.91. The van der Waals surface area contributed by atoms with E-state index < -0.39 is 0 Å². The summed E-state index contributed by atoms with van der Waals surface area (Å²) in [4.78, 5) is 24.9. The maximum atomic E-state index is 11.8. The summed E-state index contributed by atoms with van der Waals surface area (Å²) < 4.78 is 0. The van der Waals surface area contributed by atoms with Gasteiger partial charge in [-0.15, -0.1) is 0 Å². The summed E-state index contributed by atoms with van der Waals surface area (Å²) >= 11 is 0. The molecule has 0 radical (unpaired) electrons. The lowest BCUT2D eigenvalue weighted by Gasteiger charge is -2.19. The molecule has 3 aromatic rings. The molecular formula is C18H15N5O. The van der Waals surface area contributed by atoms with Gasteiger partial charge >= 0.3 is 0 Å². The predicted molar refractivity (Wildman–Crippen MR) is 89.3 cm³/mol. The van der Waals surface area contributed by atoms with Crippen LogP contribution in [-0.4, -0.2) is 20.9 Å². The fourth-order valence-electron chi connectivity index (χ4n) is 2.71. The Labute approximate surface area is 139 Å². The number of amides is 1. The first-order valence-electron chi connectivity index (χ1n) is 7.68. The van der Waals surface area contributed by atoms with Gasteiger partial charge in [-0.05, 0) is 17.7 Å². The van der Waals surface area contributed by atoms with Gasteiger partial charge in [0.25, 0.3) is 5.91 Å². The zero-order valence-corrected chi connectivity index (χ0v) is 12.8. The molecule has 1 amide bonds. The summed E-state index contributed by atoms with van der Waals surface area (Å²) in [6.45, 7) is 0.483. The Balaban J connectivity index is 1.70. The van der Waals surface area contributed by atoms with Gasteiger partial charge in [-0.1, -0.05) is 36.4 Å². The zero-order chi connectivity index (χ0) is 16.4. The number of nitrogens with one attached hydrogen (secondary N) is 2. The van der Waals surface area contributed by atoms with Crippen molar-refractivity contribution in [1.82, 2.24) is 20.3 Å². The number of hydrogen-bond acceptors (Lipinski definition) is 5. The molecule has 0 saturated heterocycles. The Morgan fingerprint density at radius 3 is 2.67 bits per heavy atom. The summed E-state index contributed by atoms with van der Waals surface area (Å²) in [5.41, 5.74) is 3.15. The minimum atomic E-state index is -0.199. The van der Waals surface area contributed by atoms with Crippen LogP contribution in [0.4, 0.5) is 5.95 Å². The largest absolute Gasteiger partial charge is 0.346 e. The fraction of sp³-hybridized carbons (Fsp3) is 0.111. The lowest BCUT2D eigenvalue weighted by molar-refractivity contribution is 0.0961. The van der Waals surface area contributed by atoms with E-state index in [2.05, 4.69) is 25.6 Å². The van der Waals surface area contributed by atoms with Gasteiger partial charge in [0.15, 0.2) is 0 Å². The number of carbonyl (C=O) groups is 1. The van der Waals surface area contributed by atoms with Crippen molar-refractivity contribution in [2.45, 2.75) is 12.6 Å². The average Bonchev–Trinajstić information content (AvgIpc) is 3.02. The van der Waals surface area contributed by atoms with Crippen molar-refractivity contribution in [3.05, 3.63) is 83.4 Å². The van der Waals surface area contributed by atoms with E-state index in [9.17, 15) is 4.79 Å². The van der Waals surface area contributed by atoms with Crippen LogP contribution in [0.1, 0.15) is 33.4 Å². The smallest absolute Gasteiger partial charge is 0.270 e. The van der Waals surface area contributed by atoms with Gasteiger partial charge in [-0.25, -0.2) is 9.97 Å². The van der Waals surface area contributed by atoms with Gasteiger partial charge in [0.2, 0.25) is 5.95 Å². The van der Waals surface area contributed by atoms with Crippen LogP contribution < -0.4 is 10.6 Å². The average molecular weight is 317 g/mol. The second-order valence-corrected chi connectivity index (χ2v) is 5.49. The molecule has 1 aliphatic rings. The van der Waals surface area contributed by atoms with Crippen LogP contribution in [0.15, 0.2) is 60.9 Å². The van der Waals surface area contributed by atoms with E-state index >= 15 is 0 Å². The summed E-state index contributed by atoms with van der Waals surface area (Å²) in [5.74, 6) is 0.245. The minimum absolute atomic E-state index is 0.162. The maximum absolute atomic E-state index is 11.8. The number of benzene rings is 1. The molecule has 3 heterocycles. The monoisotopic (exact) mass is 317 g/mol.